The lowest BCUT2D eigenvalue weighted by atomic mass is 10.1. The predicted octanol–water partition coefficient (Wildman–Crippen LogP) is 2.64. The van der Waals surface area contributed by atoms with Gasteiger partial charge in [0.1, 0.15) is 5.82 Å². The number of aliphatic hydroxyl groups excluding tert-OH is 1. The van der Waals surface area contributed by atoms with E-state index >= 15 is 0 Å². The number of aryl methyl sites for hydroxylation is 1. The molecule has 2 aliphatic rings. The number of pyridine rings is 1. The Balaban J connectivity index is 1.64. The largest absolute Gasteiger partial charge is 0.395 e. The molecule has 0 saturated carbocycles. The Kier molecular flexibility index (Phi) is 5.62. The van der Waals surface area contributed by atoms with Gasteiger partial charge in [-0.1, -0.05) is 12.1 Å². The SMILES string of the molecule is Cc1ccc2cc(CN3CCC[C@H]3C)c(N3CCN(CCO)CC3)nc2c1. The minimum absolute atomic E-state index is 0.242. The lowest BCUT2D eigenvalue weighted by Crippen LogP contribution is -2.47. The summed E-state index contributed by atoms with van der Waals surface area (Å²) in [5.41, 5.74) is 3.71. The van der Waals surface area contributed by atoms with E-state index in [1.165, 1.54) is 35.9 Å². The van der Waals surface area contributed by atoms with Crippen LogP contribution in [0.5, 0.6) is 0 Å². The molecule has 2 aliphatic heterocycles. The summed E-state index contributed by atoms with van der Waals surface area (Å²) in [7, 11) is 0. The van der Waals surface area contributed by atoms with Gasteiger partial charge in [0.2, 0.25) is 0 Å². The summed E-state index contributed by atoms with van der Waals surface area (Å²) < 4.78 is 0. The van der Waals surface area contributed by atoms with Gasteiger partial charge in [0.15, 0.2) is 0 Å². The van der Waals surface area contributed by atoms with E-state index in [1.807, 2.05) is 0 Å². The minimum Gasteiger partial charge on any atom is -0.395 e. The molecule has 1 aromatic heterocycles. The topological polar surface area (TPSA) is 42.8 Å². The number of fused-ring (bicyclic) bond motifs is 1. The van der Waals surface area contributed by atoms with Crippen molar-refractivity contribution in [3.05, 3.63) is 35.4 Å². The van der Waals surface area contributed by atoms with Gasteiger partial charge >= 0.3 is 0 Å². The van der Waals surface area contributed by atoms with E-state index in [0.29, 0.717) is 6.04 Å². The normalized spacial score (nSPS) is 22.0. The maximum Gasteiger partial charge on any atom is 0.133 e. The van der Waals surface area contributed by atoms with E-state index < -0.39 is 0 Å². The van der Waals surface area contributed by atoms with Gasteiger partial charge < -0.3 is 10.0 Å². The third-order valence-electron chi connectivity index (χ3n) is 6.18. The number of aromatic nitrogens is 1. The molecule has 2 saturated heterocycles. The number of benzene rings is 1. The molecule has 5 nitrogen and oxygen atoms in total. The summed E-state index contributed by atoms with van der Waals surface area (Å²) in [6.45, 7) is 11.6. The first kappa shape index (κ1) is 18.7. The summed E-state index contributed by atoms with van der Waals surface area (Å²) in [4.78, 5) is 12.5. The molecule has 27 heavy (non-hydrogen) atoms. The number of rotatable bonds is 5. The van der Waals surface area contributed by atoms with Crippen LogP contribution in [0.25, 0.3) is 10.9 Å². The van der Waals surface area contributed by atoms with Gasteiger partial charge in [-0.05, 0) is 50.9 Å². The third-order valence-corrected chi connectivity index (χ3v) is 6.18. The highest BCUT2D eigenvalue weighted by Crippen LogP contribution is 2.29. The number of hydrogen-bond acceptors (Lipinski definition) is 5. The molecule has 3 heterocycles. The highest BCUT2D eigenvalue weighted by molar-refractivity contribution is 5.82. The van der Waals surface area contributed by atoms with Gasteiger partial charge in [0, 0.05) is 56.3 Å². The van der Waals surface area contributed by atoms with Crippen LogP contribution in [0.4, 0.5) is 5.82 Å². The Bertz CT molecular complexity index is 785. The Morgan fingerprint density at radius 2 is 1.93 bits per heavy atom. The second-order valence-electron chi connectivity index (χ2n) is 8.18. The van der Waals surface area contributed by atoms with Crippen LogP contribution in [0.2, 0.25) is 0 Å². The predicted molar refractivity (Wildman–Crippen MR) is 111 cm³/mol. The van der Waals surface area contributed by atoms with E-state index in [9.17, 15) is 5.11 Å². The molecule has 4 rings (SSSR count). The zero-order chi connectivity index (χ0) is 18.8. The molecule has 5 heteroatoms. The van der Waals surface area contributed by atoms with Crippen LogP contribution in [0.3, 0.4) is 0 Å². The summed E-state index contributed by atoms with van der Waals surface area (Å²) in [6, 6.07) is 9.61. The van der Waals surface area contributed by atoms with Crippen LogP contribution in [0, 0.1) is 6.92 Å². The molecular formula is C22H32N4O. The zero-order valence-corrected chi connectivity index (χ0v) is 16.7. The van der Waals surface area contributed by atoms with Crippen LogP contribution in [0.1, 0.15) is 30.9 Å². The monoisotopic (exact) mass is 368 g/mol. The van der Waals surface area contributed by atoms with Crippen molar-refractivity contribution in [2.24, 2.45) is 0 Å². The Hall–Kier alpha value is -1.69. The fourth-order valence-corrected chi connectivity index (χ4v) is 4.47. The van der Waals surface area contributed by atoms with Gasteiger partial charge in [-0.2, -0.15) is 0 Å². The number of nitrogens with zero attached hydrogens (tertiary/aromatic N) is 4. The van der Waals surface area contributed by atoms with Gasteiger partial charge in [0.05, 0.1) is 12.1 Å². The summed E-state index contributed by atoms with van der Waals surface area (Å²) >= 11 is 0. The average molecular weight is 369 g/mol. The molecule has 1 N–H and O–H groups in total. The molecule has 0 amide bonds. The van der Waals surface area contributed by atoms with E-state index in [0.717, 1.165) is 50.6 Å². The first-order valence-corrected chi connectivity index (χ1v) is 10.4. The number of aliphatic hydroxyl groups is 1. The number of anilines is 1. The first-order chi connectivity index (χ1) is 13.1. The molecule has 2 fully saturated rings. The highest BCUT2D eigenvalue weighted by Gasteiger charge is 2.25. The van der Waals surface area contributed by atoms with Crippen LogP contribution < -0.4 is 4.90 Å². The van der Waals surface area contributed by atoms with Gasteiger partial charge in [-0.15, -0.1) is 0 Å². The average Bonchev–Trinajstić information content (AvgIpc) is 3.07. The number of β-amino-alcohol motifs (C(OH)–C–C–N with tert-alkyl or cyclic N) is 1. The van der Waals surface area contributed by atoms with Gasteiger partial charge in [-0.25, -0.2) is 4.98 Å². The highest BCUT2D eigenvalue weighted by atomic mass is 16.3. The standard InChI is InChI=1S/C22H32N4O/c1-17-5-6-19-15-20(16-26-7-3-4-18(26)2)22(23-21(19)14-17)25-10-8-24(9-11-25)12-13-27/h5-6,14-15,18,27H,3-4,7-13,16H2,1-2H3/t18-/m1/s1. The van der Waals surface area contributed by atoms with E-state index in [2.05, 4.69) is 52.8 Å². The van der Waals surface area contributed by atoms with Crippen molar-refractivity contribution in [2.75, 3.05) is 50.8 Å². The summed E-state index contributed by atoms with van der Waals surface area (Å²) in [5.74, 6) is 1.16. The Labute approximate surface area is 162 Å². The zero-order valence-electron chi connectivity index (χ0n) is 16.7. The van der Waals surface area contributed by atoms with Crippen molar-refractivity contribution in [3.8, 4) is 0 Å². The van der Waals surface area contributed by atoms with Crippen molar-refractivity contribution in [2.45, 2.75) is 39.3 Å². The third kappa shape index (κ3) is 4.10. The van der Waals surface area contributed by atoms with Crippen LogP contribution >= 0.6 is 0 Å². The van der Waals surface area contributed by atoms with Crippen LogP contribution in [-0.4, -0.2) is 71.8 Å². The molecule has 0 bridgehead atoms. The van der Waals surface area contributed by atoms with Crippen LogP contribution in [0.15, 0.2) is 24.3 Å². The maximum atomic E-state index is 9.20. The second-order valence-corrected chi connectivity index (χ2v) is 8.18. The van der Waals surface area contributed by atoms with E-state index in [4.69, 9.17) is 4.98 Å². The fraction of sp³-hybridized carbons (Fsp3) is 0.591. The minimum atomic E-state index is 0.242. The lowest BCUT2D eigenvalue weighted by Gasteiger charge is -2.36. The second kappa shape index (κ2) is 8.13. The Morgan fingerprint density at radius 1 is 1.11 bits per heavy atom. The molecule has 2 aromatic rings. The van der Waals surface area contributed by atoms with Crippen molar-refractivity contribution in [3.63, 3.8) is 0 Å². The smallest absolute Gasteiger partial charge is 0.133 e. The maximum absolute atomic E-state index is 9.20. The summed E-state index contributed by atoms with van der Waals surface area (Å²) in [5, 5.41) is 10.4. The van der Waals surface area contributed by atoms with E-state index in [1.54, 1.807) is 0 Å². The number of piperazine rings is 1. The quantitative estimate of drug-likeness (QED) is 0.879. The molecule has 1 atom stereocenters. The molecule has 0 unspecified atom stereocenters. The van der Waals surface area contributed by atoms with Crippen molar-refractivity contribution < 1.29 is 5.11 Å². The Morgan fingerprint density at radius 3 is 2.63 bits per heavy atom. The molecule has 0 spiro atoms. The molecule has 1 aromatic carbocycles. The lowest BCUT2D eigenvalue weighted by molar-refractivity contribution is 0.188. The molecule has 0 aliphatic carbocycles. The number of hydrogen-bond donors (Lipinski definition) is 1. The molecule has 146 valence electrons. The van der Waals surface area contributed by atoms with Gasteiger partial charge in [0.25, 0.3) is 0 Å². The first-order valence-electron chi connectivity index (χ1n) is 10.4. The van der Waals surface area contributed by atoms with Crippen molar-refractivity contribution >= 4 is 16.7 Å². The summed E-state index contributed by atoms with van der Waals surface area (Å²) in [6.07, 6.45) is 2.60. The van der Waals surface area contributed by atoms with Crippen molar-refractivity contribution in [1.82, 2.24) is 14.8 Å². The van der Waals surface area contributed by atoms with E-state index in [-0.39, 0.29) is 6.61 Å². The fourth-order valence-electron chi connectivity index (χ4n) is 4.47. The molecule has 0 radical (unpaired) electrons. The van der Waals surface area contributed by atoms with Gasteiger partial charge in [-0.3, -0.25) is 9.80 Å². The van der Waals surface area contributed by atoms with Crippen LogP contribution in [-0.2, 0) is 6.54 Å². The van der Waals surface area contributed by atoms with Crippen molar-refractivity contribution in [1.29, 1.82) is 0 Å². The molecular weight excluding hydrogens is 336 g/mol. The number of likely N-dealkylation sites (tertiary alicyclic amines) is 1.